The van der Waals surface area contributed by atoms with Gasteiger partial charge in [0.1, 0.15) is 0 Å². The molecule has 1 fully saturated rings. The molecule has 12 heavy (non-hydrogen) atoms. The van der Waals surface area contributed by atoms with Gasteiger partial charge in [-0.3, -0.25) is 4.79 Å². The number of carbonyl (C=O) groups excluding carboxylic acids is 1. The van der Waals surface area contributed by atoms with Gasteiger partial charge in [-0.2, -0.15) is 0 Å². The van der Waals surface area contributed by atoms with Crippen LogP contribution in [-0.2, 0) is 4.79 Å². The molecule has 1 aliphatic heterocycles. The second-order valence-electron chi connectivity index (χ2n) is 3.53. The van der Waals surface area contributed by atoms with Gasteiger partial charge in [-0.15, -0.1) is 0 Å². The standard InChI is InChI=1S/C9H16FNO/c1-7(12)9(10)5-8-3-2-4-11-6-8/h8-9,11H,2-6H2,1H3. The molecule has 2 atom stereocenters. The molecule has 1 rings (SSSR count). The molecule has 70 valence electrons. The van der Waals surface area contributed by atoms with E-state index in [1.54, 1.807) is 0 Å². The van der Waals surface area contributed by atoms with E-state index < -0.39 is 6.17 Å². The van der Waals surface area contributed by atoms with E-state index in [9.17, 15) is 9.18 Å². The van der Waals surface area contributed by atoms with E-state index in [0.717, 1.165) is 25.9 Å². The van der Waals surface area contributed by atoms with Crippen molar-refractivity contribution in [1.82, 2.24) is 5.32 Å². The van der Waals surface area contributed by atoms with Gasteiger partial charge < -0.3 is 5.32 Å². The quantitative estimate of drug-likeness (QED) is 0.697. The molecule has 0 aromatic heterocycles. The number of nitrogens with one attached hydrogen (secondary N) is 1. The maximum absolute atomic E-state index is 12.9. The minimum atomic E-state index is -1.24. The smallest absolute Gasteiger partial charge is 0.163 e. The number of alkyl halides is 1. The van der Waals surface area contributed by atoms with Crippen molar-refractivity contribution in [2.24, 2.45) is 5.92 Å². The maximum Gasteiger partial charge on any atom is 0.163 e. The van der Waals surface area contributed by atoms with Crippen molar-refractivity contribution in [3.63, 3.8) is 0 Å². The van der Waals surface area contributed by atoms with Crippen LogP contribution in [-0.4, -0.2) is 25.0 Å². The third-order valence-corrected chi connectivity index (χ3v) is 2.38. The van der Waals surface area contributed by atoms with Gasteiger partial charge in [-0.1, -0.05) is 0 Å². The summed E-state index contributed by atoms with van der Waals surface area (Å²) in [5.41, 5.74) is 0. The van der Waals surface area contributed by atoms with Crippen LogP contribution in [0.25, 0.3) is 0 Å². The van der Waals surface area contributed by atoms with Gasteiger partial charge in [0.2, 0.25) is 0 Å². The molecule has 0 radical (unpaired) electrons. The van der Waals surface area contributed by atoms with Crippen LogP contribution in [0.2, 0.25) is 0 Å². The molecule has 1 N–H and O–H groups in total. The molecule has 1 heterocycles. The van der Waals surface area contributed by atoms with Crippen molar-refractivity contribution in [1.29, 1.82) is 0 Å². The number of halogens is 1. The van der Waals surface area contributed by atoms with Crippen LogP contribution >= 0.6 is 0 Å². The summed E-state index contributed by atoms with van der Waals surface area (Å²) in [5, 5.41) is 3.20. The Labute approximate surface area is 72.5 Å². The Kier molecular flexibility index (Phi) is 3.66. The SMILES string of the molecule is CC(=O)C(F)CC1CCCNC1. The zero-order valence-corrected chi connectivity index (χ0v) is 7.48. The molecular weight excluding hydrogens is 157 g/mol. The predicted molar refractivity (Wildman–Crippen MR) is 45.8 cm³/mol. The molecule has 1 saturated heterocycles. The Balaban J connectivity index is 2.24. The van der Waals surface area contributed by atoms with Crippen molar-refractivity contribution in [2.45, 2.75) is 32.4 Å². The first-order valence-corrected chi connectivity index (χ1v) is 4.55. The van der Waals surface area contributed by atoms with Crippen molar-refractivity contribution in [3.8, 4) is 0 Å². The van der Waals surface area contributed by atoms with Crippen LogP contribution < -0.4 is 5.32 Å². The first-order valence-electron chi connectivity index (χ1n) is 4.55. The summed E-state index contributed by atoms with van der Waals surface area (Å²) < 4.78 is 12.9. The molecule has 0 aromatic rings. The first kappa shape index (κ1) is 9.65. The minimum Gasteiger partial charge on any atom is -0.316 e. The summed E-state index contributed by atoms with van der Waals surface area (Å²) in [4.78, 5) is 10.6. The van der Waals surface area contributed by atoms with E-state index in [1.165, 1.54) is 6.92 Å². The fourth-order valence-electron chi connectivity index (χ4n) is 1.58. The van der Waals surface area contributed by atoms with E-state index in [-0.39, 0.29) is 5.78 Å². The second kappa shape index (κ2) is 4.55. The molecule has 0 bridgehead atoms. The molecule has 2 nitrogen and oxygen atoms in total. The molecule has 0 saturated carbocycles. The van der Waals surface area contributed by atoms with E-state index >= 15 is 0 Å². The molecule has 2 unspecified atom stereocenters. The highest BCUT2D eigenvalue weighted by atomic mass is 19.1. The van der Waals surface area contributed by atoms with Gasteiger partial charge in [-0.05, 0) is 45.2 Å². The van der Waals surface area contributed by atoms with Crippen LogP contribution in [0.4, 0.5) is 4.39 Å². The molecule has 0 aromatic carbocycles. The van der Waals surface area contributed by atoms with Crippen LogP contribution in [0, 0.1) is 5.92 Å². The number of rotatable bonds is 3. The summed E-state index contributed by atoms with van der Waals surface area (Å²) in [5.74, 6) is 0.0261. The first-order chi connectivity index (χ1) is 5.70. The normalized spacial score (nSPS) is 26.7. The van der Waals surface area contributed by atoms with Crippen LogP contribution in [0.1, 0.15) is 26.2 Å². The lowest BCUT2D eigenvalue weighted by atomic mass is 9.93. The van der Waals surface area contributed by atoms with Crippen LogP contribution in [0.15, 0.2) is 0 Å². The van der Waals surface area contributed by atoms with Gasteiger partial charge in [0.25, 0.3) is 0 Å². The number of hydrogen-bond acceptors (Lipinski definition) is 2. The highest BCUT2D eigenvalue weighted by molar-refractivity contribution is 5.80. The van der Waals surface area contributed by atoms with Gasteiger partial charge in [0, 0.05) is 0 Å². The van der Waals surface area contributed by atoms with Crippen LogP contribution in [0.3, 0.4) is 0 Å². The predicted octanol–water partition coefficient (Wildman–Crippen LogP) is 1.30. The summed E-state index contributed by atoms with van der Waals surface area (Å²) in [6.07, 6.45) is 1.33. The minimum absolute atomic E-state index is 0.333. The Morgan fingerprint density at radius 2 is 2.50 bits per heavy atom. The number of carbonyl (C=O) groups is 1. The van der Waals surface area contributed by atoms with Gasteiger partial charge in [-0.25, -0.2) is 4.39 Å². The van der Waals surface area contributed by atoms with Crippen LogP contribution in [0.5, 0.6) is 0 Å². The summed E-state index contributed by atoms with van der Waals surface area (Å²) in [6.45, 7) is 3.22. The Morgan fingerprint density at radius 1 is 1.75 bits per heavy atom. The lowest BCUT2D eigenvalue weighted by molar-refractivity contribution is -0.122. The average Bonchev–Trinajstić information content (AvgIpc) is 2.06. The number of Topliss-reactive ketones (excluding diaryl/α,β-unsaturated/α-hetero) is 1. The Bertz CT molecular complexity index is 155. The largest absolute Gasteiger partial charge is 0.316 e. The fraction of sp³-hybridized carbons (Fsp3) is 0.889. The zero-order chi connectivity index (χ0) is 8.97. The molecule has 1 aliphatic rings. The van der Waals surface area contributed by atoms with Crippen molar-refractivity contribution in [3.05, 3.63) is 0 Å². The molecule has 0 amide bonds. The summed E-state index contributed by atoms with van der Waals surface area (Å²) in [6, 6.07) is 0. The monoisotopic (exact) mass is 173 g/mol. The van der Waals surface area contributed by atoms with E-state index in [4.69, 9.17) is 0 Å². The fourth-order valence-corrected chi connectivity index (χ4v) is 1.58. The lowest BCUT2D eigenvalue weighted by Crippen LogP contribution is -2.32. The second-order valence-corrected chi connectivity index (χ2v) is 3.53. The summed E-state index contributed by atoms with van der Waals surface area (Å²) in [7, 11) is 0. The third kappa shape index (κ3) is 2.89. The van der Waals surface area contributed by atoms with Crippen molar-refractivity contribution < 1.29 is 9.18 Å². The van der Waals surface area contributed by atoms with Crippen molar-refractivity contribution in [2.75, 3.05) is 13.1 Å². The molecule has 0 spiro atoms. The molecular formula is C9H16FNO. The highest BCUT2D eigenvalue weighted by Gasteiger charge is 2.20. The Hall–Kier alpha value is -0.440. The number of ketones is 1. The topological polar surface area (TPSA) is 29.1 Å². The third-order valence-electron chi connectivity index (χ3n) is 2.38. The van der Waals surface area contributed by atoms with Gasteiger partial charge >= 0.3 is 0 Å². The number of piperidine rings is 1. The van der Waals surface area contributed by atoms with Crippen molar-refractivity contribution >= 4 is 5.78 Å². The summed E-state index contributed by atoms with van der Waals surface area (Å²) >= 11 is 0. The highest BCUT2D eigenvalue weighted by Crippen LogP contribution is 2.17. The Morgan fingerprint density at radius 3 is 3.00 bits per heavy atom. The molecule has 0 aliphatic carbocycles. The number of hydrogen-bond donors (Lipinski definition) is 1. The maximum atomic E-state index is 12.9. The van der Waals surface area contributed by atoms with E-state index in [0.29, 0.717) is 12.3 Å². The van der Waals surface area contributed by atoms with Gasteiger partial charge in [0.15, 0.2) is 12.0 Å². The lowest BCUT2D eigenvalue weighted by Gasteiger charge is -2.23. The van der Waals surface area contributed by atoms with E-state index in [1.807, 2.05) is 0 Å². The van der Waals surface area contributed by atoms with E-state index in [2.05, 4.69) is 5.32 Å². The van der Waals surface area contributed by atoms with Gasteiger partial charge in [0.05, 0.1) is 0 Å². The average molecular weight is 173 g/mol. The zero-order valence-electron chi connectivity index (χ0n) is 7.48. The molecule has 3 heteroatoms.